The van der Waals surface area contributed by atoms with Crippen LogP contribution in [0.5, 0.6) is 5.75 Å². The van der Waals surface area contributed by atoms with Crippen molar-refractivity contribution in [3.8, 4) is 5.75 Å². The van der Waals surface area contributed by atoms with Crippen LogP contribution in [0.15, 0.2) is 54.6 Å². The minimum Gasteiger partial charge on any atom is -0.491 e. The third-order valence-electron chi connectivity index (χ3n) is 4.89. The number of carbonyl (C=O) groups excluding carboxylic acids is 1. The van der Waals surface area contributed by atoms with E-state index in [1.165, 1.54) is 5.56 Å². The van der Waals surface area contributed by atoms with E-state index in [1.54, 1.807) is 31.2 Å². The molecule has 3 rings (SSSR count). The van der Waals surface area contributed by atoms with Crippen molar-refractivity contribution in [2.24, 2.45) is 0 Å². The number of ether oxygens (including phenoxy) is 1. The maximum Gasteiger partial charge on any atom is 0.159 e. The number of hydrogen-bond donors (Lipinski definition) is 1. The topological polar surface area (TPSA) is 53.0 Å². The average Bonchev–Trinajstić information content (AvgIpc) is 2.69. The van der Waals surface area contributed by atoms with Crippen LogP contribution in [0.3, 0.4) is 0 Å². The first kappa shape index (κ1) is 19.5. The molecule has 1 aliphatic rings. The van der Waals surface area contributed by atoms with Gasteiger partial charge in [0.25, 0.3) is 0 Å². The summed E-state index contributed by atoms with van der Waals surface area (Å²) in [5.41, 5.74) is 2.01. The van der Waals surface area contributed by atoms with Gasteiger partial charge in [0.15, 0.2) is 5.78 Å². The molecule has 5 nitrogen and oxygen atoms in total. The van der Waals surface area contributed by atoms with Crippen LogP contribution in [0.1, 0.15) is 22.8 Å². The SMILES string of the molecule is CC(=O)c1ccc(OC[C@@H](O)CN2CCN(Cc3ccccc3)CC2)cc1. The summed E-state index contributed by atoms with van der Waals surface area (Å²) in [6.45, 7) is 7.32. The van der Waals surface area contributed by atoms with Gasteiger partial charge in [-0.05, 0) is 36.8 Å². The van der Waals surface area contributed by atoms with E-state index < -0.39 is 6.10 Å². The normalized spacial score (nSPS) is 16.8. The van der Waals surface area contributed by atoms with Gasteiger partial charge in [0.2, 0.25) is 0 Å². The Balaban J connectivity index is 1.36. The number of piperazine rings is 1. The fraction of sp³-hybridized carbons (Fsp3) is 0.409. The Morgan fingerprint density at radius 2 is 1.63 bits per heavy atom. The van der Waals surface area contributed by atoms with Crippen molar-refractivity contribution in [3.05, 3.63) is 65.7 Å². The van der Waals surface area contributed by atoms with Crippen LogP contribution >= 0.6 is 0 Å². The second-order valence-corrected chi connectivity index (χ2v) is 7.11. The lowest BCUT2D eigenvalue weighted by Gasteiger charge is -2.35. The van der Waals surface area contributed by atoms with Crippen LogP contribution in [0, 0.1) is 0 Å². The third-order valence-corrected chi connectivity index (χ3v) is 4.89. The van der Waals surface area contributed by atoms with Crippen molar-refractivity contribution in [1.29, 1.82) is 0 Å². The molecule has 1 aliphatic heterocycles. The number of ketones is 1. The molecule has 0 saturated carbocycles. The van der Waals surface area contributed by atoms with Gasteiger partial charge in [-0.25, -0.2) is 0 Å². The molecule has 5 heteroatoms. The lowest BCUT2D eigenvalue weighted by molar-refractivity contribution is 0.0446. The van der Waals surface area contributed by atoms with Crippen LogP contribution in [0.4, 0.5) is 0 Å². The summed E-state index contributed by atoms with van der Waals surface area (Å²) in [6.07, 6.45) is -0.529. The van der Waals surface area contributed by atoms with E-state index in [0.29, 0.717) is 17.9 Å². The van der Waals surface area contributed by atoms with Crippen LogP contribution < -0.4 is 4.74 Å². The fourth-order valence-electron chi connectivity index (χ4n) is 3.30. The second kappa shape index (κ2) is 9.65. The Labute approximate surface area is 161 Å². The molecule has 0 aliphatic carbocycles. The Hall–Kier alpha value is -2.21. The van der Waals surface area contributed by atoms with Gasteiger partial charge in [0.1, 0.15) is 18.5 Å². The smallest absolute Gasteiger partial charge is 0.159 e. The van der Waals surface area contributed by atoms with E-state index >= 15 is 0 Å². The maximum absolute atomic E-state index is 11.3. The van der Waals surface area contributed by atoms with Crippen molar-refractivity contribution < 1.29 is 14.6 Å². The quantitative estimate of drug-likeness (QED) is 0.726. The first-order valence-corrected chi connectivity index (χ1v) is 9.50. The fourth-order valence-corrected chi connectivity index (χ4v) is 3.30. The zero-order valence-electron chi connectivity index (χ0n) is 15.9. The van der Waals surface area contributed by atoms with Crippen LogP contribution in [0.2, 0.25) is 0 Å². The van der Waals surface area contributed by atoms with E-state index in [4.69, 9.17) is 4.74 Å². The van der Waals surface area contributed by atoms with Gasteiger partial charge < -0.3 is 9.84 Å². The van der Waals surface area contributed by atoms with Crippen molar-refractivity contribution in [1.82, 2.24) is 9.80 Å². The highest BCUT2D eigenvalue weighted by Crippen LogP contribution is 2.13. The summed E-state index contributed by atoms with van der Waals surface area (Å²) < 4.78 is 5.65. The Morgan fingerprint density at radius 1 is 1.00 bits per heavy atom. The zero-order valence-corrected chi connectivity index (χ0v) is 15.9. The molecule has 144 valence electrons. The molecule has 2 aromatic carbocycles. The van der Waals surface area contributed by atoms with E-state index in [2.05, 4.69) is 34.1 Å². The van der Waals surface area contributed by atoms with E-state index in [0.717, 1.165) is 32.7 Å². The molecular formula is C22H28N2O3. The molecule has 2 aromatic rings. The zero-order chi connectivity index (χ0) is 19.1. The maximum atomic E-state index is 11.3. The number of rotatable bonds is 8. The van der Waals surface area contributed by atoms with Crippen LogP contribution in [-0.4, -0.2) is 66.1 Å². The third kappa shape index (κ3) is 6.17. The molecule has 1 N–H and O–H groups in total. The minimum absolute atomic E-state index is 0.0352. The molecule has 0 spiro atoms. The van der Waals surface area contributed by atoms with Gasteiger partial charge in [-0.15, -0.1) is 0 Å². The van der Waals surface area contributed by atoms with Crippen LogP contribution in [-0.2, 0) is 6.54 Å². The second-order valence-electron chi connectivity index (χ2n) is 7.11. The summed E-state index contributed by atoms with van der Waals surface area (Å²) >= 11 is 0. The molecular weight excluding hydrogens is 340 g/mol. The van der Waals surface area contributed by atoms with Gasteiger partial charge in [0, 0.05) is 44.8 Å². The molecule has 0 unspecified atom stereocenters. The summed E-state index contributed by atoms with van der Waals surface area (Å²) in [4.78, 5) is 16.0. The predicted octanol–water partition coefficient (Wildman–Crippen LogP) is 2.45. The van der Waals surface area contributed by atoms with Gasteiger partial charge in [-0.3, -0.25) is 14.6 Å². The van der Waals surface area contributed by atoms with Crippen molar-refractivity contribution >= 4 is 5.78 Å². The number of Topliss-reactive ketones (excluding diaryl/α,β-unsaturated/α-hetero) is 1. The Bertz CT molecular complexity index is 710. The van der Waals surface area contributed by atoms with Gasteiger partial charge >= 0.3 is 0 Å². The molecule has 0 bridgehead atoms. The molecule has 1 saturated heterocycles. The Morgan fingerprint density at radius 3 is 2.26 bits per heavy atom. The highest BCUT2D eigenvalue weighted by atomic mass is 16.5. The number of benzene rings is 2. The van der Waals surface area contributed by atoms with Crippen LogP contribution in [0.25, 0.3) is 0 Å². The largest absolute Gasteiger partial charge is 0.491 e. The molecule has 0 radical (unpaired) electrons. The number of hydrogen-bond acceptors (Lipinski definition) is 5. The number of nitrogens with zero attached hydrogens (tertiary/aromatic N) is 2. The van der Waals surface area contributed by atoms with Crippen molar-refractivity contribution in [2.45, 2.75) is 19.6 Å². The van der Waals surface area contributed by atoms with Crippen molar-refractivity contribution in [2.75, 3.05) is 39.3 Å². The molecule has 1 heterocycles. The first-order valence-electron chi connectivity index (χ1n) is 9.50. The Kier molecular flexibility index (Phi) is 6.98. The number of aliphatic hydroxyl groups excluding tert-OH is 1. The first-order chi connectivity index (χ1) is 13.1. The van der Waals surface area contributed by atoms with Gasteiger partial charge in [-0.1, -0.05) is 30.3 Å². The van der Waals surface area contributed by atoms with E-state index in [9.17, 15) is 9.90 Å². The lowest BCUT2D eigenvalue weighted by atomic mass is 10.1. The number of β-amino-alcohol motifs (C(OH)–C–C–N with tert-alkyl or cyclic N) is 1. The highest BCUT2D eigenvalue weighted by molar-refractivity contribution is 5.94. The molecule has 1 atom stereocenters. The number of carbonyl (C=O) groups is 1. The monoisotopic (exact) mass is 368 g/mol. The summed E-state index contributed by atoms with van der Waals surface area (Å²) in [6, 6.07) is 17.6. The minimum atomic E-state index is -0.529. The summed E-state index contributed by atoms with van der Waals surface area (Å²) in [5.74, 6) is 0.708. The van der Waals surface area contributed by atoms with Gasteiger partial charge in [-0.2, -0.15) is 0 Å². The standard InChI is InChI=1S/C22H28N2O3/c1-18(25)20-7-9-22(10-8-20)27-17-21(26)16-24-13-11-23(12-14-24)15-19-5-3-2-4-6-19/h2-10,21,26H,11-17H2,1H3/t21-/m0/s1. The van der Waals surface area contributed by atoms with Gasteiger partial charge in [0.05, 0.1) is 0 Å². The van der Waals surface area contributed by atoms with E-state index in [1.807, 2.05) is 6.07 Å². The molecule has 0 aromatic heterocycles. The van der Waals surface area contributed by atoms with E-state index in [-0.39, 0.29) is 12.4 Å². The summed E-state index contributed by atoms with van der Waals surface area (Å²) in [7, 11) is 0. The molecule has 1 fully saturated rings. The summed E-state index contributed by atoms with van der Waals surface area (Å²) in [5, 5.41) is 10.3. The molecule has 27 heavy (non-hydrogen) atoms. The molecule has 0 amide bonds. The highest BCUT2D eigenvalue weighted by Gasteiger charge is 2.19. The lowest BCUT2D eigenvalue weighted by Crippen LogP contribution is -2.48. The van der Waals surface area contributed by atoms with Crippen molar-refractivity contribution in [3.63, 3.8) is 0 Å². The average molecular weight is 368 g/mol. The predicted molar refractivity (Wildman–Crippen MR) is 106 cm³/mol. The number of aliphatic hydroxyl groups is 1.